The van der Waals surface area contributed by atoms with Gasteiger partial charge in [0.15, 0.2) is 5.78 Å². The molecular weight excluding hydrogens is 280 g/mol. The molecule has 1 aliphatic carbocycles. The van der Waals surface area contributed by atoms with Gasteiger partial charge in [-0.3, -0.25) is 4.79 Å². The van der Waals surface area contributed by atoms with Crippen LogP contribution in [0.1, 0.15) is 36.8 Å². The number of phenols is 1. The Bertz CT molecular complexity index is 612. The van der Waals surface area contributed by atoms with E-state index in [2.05, 4.69) is 0 Å². The Kier molecular flexibility index (Phi) is 4.21. The zero-order chi connectivity index (χ0) is 15.7. The number of hydrogen-bond acceptors (Lipinski definition) is 4. The van der Waals surface area contributed by atoms with E-state index in [1.165, 1.54) is 0 Å². The number of aromatic hydroxyl groups is 1. The van der Waals surface area contributed by atoms with Crippen molar-refractivity contribution in [3.63, 3.8) is 0 Å². The van der Waals surface area contributed by atoms with Crippen molar-refractivity contribution in [2.45, 2.75) is 32.6 Å². The molecule has 2 aliphatic rings. The quantitative estimate of drug-likeness (QED) is 0.898. The second-order valence-corrected chi connectivity index (χ2v) is 6.38. The Morgan fingerprint density at radius 3 is 2.68 bits per heavy atom. The number of carbonyl (C=O) groups is 1. The number of carbonyl (C=O) groups excluding carboxylic acids is 1. The highest BCUT2D eigenvalue weighted by atomic mass is 16.5. The third-order valence-electron chi connectivity index (χ3n) is 4.80. The Morgan fingerprint density at radius 2 is 1.95 bits per heavy atom. The van der Waals surface area contributed by atoms with Crippen molar-refractivity contribution in [1.82, 2.24) is 0 Å². The largest absolute Gasteiger partial charge is 0.511 e. The lowest BCUT2D eigenvalue weighted by molar-refractivity contribution is -0.113. The second-order valence-electron chi connectivity index (χ2n) is 6.38. The summed E-state index contributed by atoms with van der Waals surface area (Å²) < 4.78 is 5.36. The molecule has 0 radical (unpaired) electrons. The maximum Gasteiger partial charge on any atom is 0.167 e. The topological polar surface area (TPSA) is 66.8 Å². The number of aliphatic hydroxyl groups is 1. The van der Waals surface area contributed by atoms with Gasteiger partial charge in [-0.1, -0.05) is 6.07 Å². The molecule has 1 aromatic rings. The fourth-order valence-electron chi connectivity index (χ4n) is 3.52. The molecule has 0 aromatic heterocycles. The average molecular weight is 302 g/mol. The molecule has 1 saturated heterocycles. The molecule has 1 aromatic carbocycles. The van der Waals surface area contributed by atoms with Crippen LogP contribution in [0, 0.1) is 18.8 Å². The lowest BCUT2D eigenvalue weighted by Crippen LogP contribution is -2.19. The first-order chi connectivity index (χ1) is 10.6. The van der Waals surface area contributed by atoms with Crippen LogP contribution in [0.2, 0.25) is 0 Å². The van der Waals surface area contributed by atoms with Gasteiger partial charge in [0.2, 0.25) is 0 Å². The number of ether oxygens (including phenoxy) is 1. The summed E-state index contributed by atoms with van der Waals surface area (Å²) in [5, 5.41) is 20.2. The second kappa shape index (κ2) is 6.13. The SMILES string of the molecule is Cc1ccc(O)cc1C1=C(O)C(CC2CCOCC2)CC1=O. The monoisotopic (exact) mass is 302 g/mol. The highest BCUT2D eigenvalue weighted by molar-refractivity contribution is 6.24. The van der Waals surface area contributed by atoms with Gasteiger partial charge in [0.25, 0.3) is 0 Å². The van der Waals surface area contributed by atoms with Crippen LogP contribution >= 0.6 is 0 Å². The Hall–Kier alpha value is -1.81. The van der Waals surface area contributed by atoms with Gasteiger partial charge < -0.3 is 14.9 Å². The number of aliphatic hydroxyl groups excluding tert-OH is 1. The first-order valence-electron chi connectivity index (χ1n) is 7.90. The summed E-state index contributed by atoms with van der Waals surface area (Å²) in [7, 11) is 0. The number of Topliss-reactive ketones (excluding diaryl/α,β-unsaturated/α-hetero) is 1. The summed E-state index contributed by atoms with van der Waals surface area (Å²) in [6, 6.07) is 4.93. The van der Waals surface area contributed by atoms with E-state index in [1.54, 1.807) is 18.2 Å². The van der Waals surface area contributed by atoms with Crippen LogP contribution in [0.5, 0.6) is 5.75 Å². The molecule has 1 aliphatic heterocycles. The molecule has 118 valence electrons. The summed E-state index contributed by atoms with van der Waals surface area (Å²) in [4.78, 5) is 12.4. The third kappa shape index (κ3) is 2.88. The maximum atomic E-state index is 12.4. The van der Waals surface area contributed by atoms with Gasteiger partial charge in [0, 0.05) is 25.6 Å². The molecule has 4 nitrogen and oxygen atoms in total. The number of allylic oxidation sites excluding steroid dienone is 2. The van der Waals surface area contributed by atoms with E-state index in [-0.39, 0.29) is 23.2 Å². The van der Waals surface area contributed by atoms with Crippen LogP contribution in [0.4, 0.5) is 0 Å². The zero-order valence-corrected chi connectivity index (χ0v) is 12.8. The fraction of sp³-hybridized carbons (Fsp3) is 0.500. The van der Waals surface area contributed by atoms with Gasteiger partial charge in [-0.15, -0.1) is 0 Å². The van der Waals surface area contributed by atoms with E-state index in [1.807, 2.05) is 6.92 Å². The van der Waals surface area contributed by atoms with Gasteiger partial charge in [0.05, 0.1) is 5.57 Å². The number of aryl methyl sites for hydroxylation is 1. The van der Waals surface area contributed by atoms with E-state index in [4.69, 9.17) is 4.74 Å². The van der Waals surface area contributed by atoms with Crippen molar-refractivity contribution in [1.29, 1.82) is 0 Å². The summed E-state index contributed by atoms with van der Waals surface area (Å²) in [5.41, 5.74) is 1.93. The van der Waals surface area contributed by atoms with Gasteiger partial charge in [-0.05, 0) is 55.4 Å². The molecule has 2 N–H and O–H groups in total. The van der Waals surface area contributed by atoms with Gasteiger partial charge in [-0.25, -0.2) is 0 Å². The summed E-state index contributed by atoms with van der Waals surface area (Å²) >= 11 is 0. The van der Waals surface area contributed by atoms with Crippen molar-refractivity contribution in [2.24, 2.45) is 11.8 Å². The fourth-order valence-corrected chi connectivity index (χ4v) is 3.52. The van der Waals surface area contributed by atoms with Crippen molar-refractivity contribution in [3.05, 3.63) is 35.1 Å². The molecule has 1 unspecified atom stereocenters. The number of rotatable bonds is 3. The Balaban J connectivity index is 1.86. The number of phenolic OH excluding ortho intramolecular Hbond substituents is 1. The van der Waals surface area contributed by atoms with Crippen molar-refractivity contribution >= 4 is 11.4 Å². The van der Waals surface area contributed by atoms with Crippen LogP contribution in [-0.2, 0) is 9.53 Å². The molecule has 3 rings (SSSR count). The highest BCUT2D eigenvalue weighted by Gasteiger charge is 2.35. The lowest BCUT2D eigenvalue weighted by atomic mass is 9.88. The maximum absolute atomic E-state index is 12.4. The third-order valence-corrected chi connectivity index (χ3v) is 4.80. The molecule has 0 bridgehead atoms. The molecule has 0 saturated carbocycles. The van der Waals surface area contributed by atoms with E-state index in [9.17, 15) is 15.0 Å². The molecule has 1 atom stereocenters. The van der Waals surface area contributed by atoms with Crippen LogP contribution in [-0.4, -0.2) is 29.2 Å². The normalized spacial score (nSPS) is 23.3. The smallest absolute Gasteiger partial charge is 0.167 e. The predicted molar refractivity (Wildman–Crippen MR) is 83.7 cm³/mol. The average Bonchev–Trinajstić information content (AvgIpc) is 2.77. The number of hydrogen-bond donors (Lipinski definition) is 2. The standard InChI is InChI=1S/C18H22O4/c1-11-2-3-14(19)10-15(11)17-16(20)9-13(18(17)21)8-12-4-6-22-7-5-12/h2-3,10,12-13,19,21H,4-9H2,1H3. The summed E-state index contributed by atoms with van der Waals surface area (Å²) in [6.45, 7) is 3.43. The molecule has 4 heteroatoms. The van der Waals surface area contributed by atoms with E-state index in [0.717, 1.165) is 38.0 Å². The van der Waals surface area contributed by atoms with Gasteiger partial charge in [-0.2, -0.15) is 0 Å². The lowest BCUT2D eigenvalue weighted by Gasteiger charge is -2.24. The highest BCUT2D eigenvalue weighted by Crippen LogP contribution is 2.40. The van der Waals surface area contributed by atoms with Crippen molar-refractivity contribution in [2.75, 3.05) is 13.2 Å². The van der Waals surface area contributed by atoms with Crippen LogP contribution in [0.25, 0.3) is 5.57 Å². The first-order valence-corrected chi connectivity index (χ1v) is 7.90. The van der Waals surface area contributed by atoms with Gasteiger partial charge >= 0.3 is 0 Å². The molecule has 0 amide bonds. The summed E-state index contributed by atoms with van der Waals surface area (Å²) in [5.74, 6) is 0.709. The molecule has 22 heavy (non-hydrogen) atoms. The Labute approximate surface area is 130 Å². The van der Waals surface area contributed by atoms with Gasteiger partial charge in [0.1, 0.15) is 11.5 Å². The molecule has 1 fully saturated rings. The molecular formula is C18H22O4. The molecule has 0 spiro atoms. The minimum Gasteiger partial charge on any atom is -0.511 e. The van der Waals surface area contributed by atoms with E-state index in [0.29, 0.717) is 23.5 Å². The predicted octanol–water partition coefficient (Wildman–Crippen LogP) is 3.38. The first kappa shape index (κ1) is 15.1. The zero-order valence-electron chi connectivity index (χ0n) is 12.8. The van der Waals surface area contributed by atoms with E-state index < -0.39 is 0 Å². The van der Waals surface area contributed by atoms with Crippen LogP contribution in [0.15, 0.2) is 24.0 Å². The van der Waals surface area contributed by atoms with Crippen molar-refractivity contribution < 1.29 is 19.7 Å². The summed E-state index contributed by atoms with van der Waals surface area (Å²) in [6.07, 6.45) is 3.20. The van der Waals surface area contributed by atoms with Crippen molar-refractivity contribution in [3.8, 4) is 5.75 Å². The number of ketones is 1. The van der Waals surface area contributed by atoms with E-state index >= 15 is 0 Å². The number of benzene rings is 1. The van der Waals surface area contributed by atoms with Crippen LogP contribution < -0.4 is 0 Å². The Morgan fingerprint density at radius 1 is 1.23 bits per heavy atom. The minimum atomic E-state index is -0.0904. The van der Waals surface area contributed by atoms with Crippen LogP contribution in [0.3, 0.4) is 0 Å². The minimum absolute atomic E-state index is 0.0248. The molecule has 1 heterocycles.